The zero-order chi connectivity index (χ0) is 15.6. The van der Waals surface area contributed by atoms with Crippen molar-refractivity contribution in [2.24, 2.45) is 0 Å². The van der Waals surface area contributed by atoms with E-state index >= 15 is 0 Å². The van der Waals surface area contributed by atoms with Crippen molar-refractivity contribution in [3.8, 4) is 0 Å². The lowest BCUT2D eigenvalue weighted by Crippen LogP contribution is -2.07. The van der Waals surface area contributed by atoms with E-state index in [4.69, 9.17) is 11.6 Å². The fourth-order valence-corrected chi connectivity index (χ4v) is 2.28. The Morgan fingerprint density at radius 1 is 1.14 bits per heavy atom. The number of halogens is 5. The van der Waals surface area contributed by atoms with Crippen molar-refractivity contribution in [3.63, 3.8) is 0 Å². The summed E-state index contributed by atoms with van der Waals surface area (Å²) in [6, 6.07) is 9.00. The second kappa shape index (κ2) is 6.28. The fraction of sp³-hybridized carbons (Fsp3) is 0.200. The lowest BCUT2D eigenvalue weighted by atomic mass is 10.1. The highest BCUT2D eigenvalue weighted by Crippen LogP contribution is 2.34. The highest BCUT2D eigenvalue weighted by molar-refractivity contribution is 9.10. The number of nitrogens with one attached hydrogen (secondary N) is 1. The molecule has 0 fully saturated rings. The first kappa shape index (κ1) is 16.2. The van der Waals surface area contributed by atoms with Crippen LogP contribution in [0.15, 0.2) is 40.9 Å². The number of benzene rings is 2. The highest BCUT2D eigenvalue weighted by Gasteiger charge is 2.30. The lowest BCUT2D eigenvalue weighted by Gasteiger charge is -2.13. The van der Waals surface area contributed by atoms with Gasteiger partial charge in [0.1, 0.15) is 0 Å². The summed E-state index contributed by atoms with van der Waals surface area (Å²) in [6.07, 6.45) is -4.38. The molecule has 1 nitrogen and oxygen atoms in total. The van der Waals surface area contributed by atoms with E-state index in [1.165, 1.54) is 6.07 Å². The molecule has 0 aliphatic heterocycles. The minimum atomic E-state index is -4.38. The molecule has 2 rings (SSSR count). The normalized spacial score (nSPS) is 11.5. The van der Waals surface area contributed by atoms with Gasteiger partial charge in [-0.3, -0.25) is 0 Å². The molecule has 0 saturated carbocycles. The molecule has 0 amide bonds. The first-order chi connectivity index (χ1) is 9.77. The number of alkyl halides is 3. The monoisotopic (exact) mass is 377 g/mol. The number of rotatable bonds is 3. The van der Waals surface area contributed by atoms with Crippen molar-refractivity contribution in [3.05, 3.63) is 62.6 Å². The smallest absolute Gasteiger partial charge is 0.380 e. The fourth-order valence-electron chi connectivity index (χ4n) is 1.85. The molecule has 0 spiro atoms. The summed E-state index contributed by atoms with van der Waals surface area (Å²) in [4.78, 5) is 0. The molecule has 1 N–H and O–H groups in total. The summed E-state index contributed by atoms with van der Waals surface area (Å²) in [5.41, 5.74) is 1.57. The molecule has 0 aliphatic carbocycles. The van der Waals surface area contributed by atoms with E-state index in [1.807, 2.05) is 25.1 Å². The third kappa shape index (κ3) is 4.14. The Bertz CT molecular complexity index is 656. The third-order valence-corrected chi connectivity index (χ3v) is 4.22. The summed E-state index contributed by atoms with van der Waals surface area (Å²) in [5, 5.41) is 3.20. The predicted molar refractivity (Wildman–Crippen MR) is 82.7 cm³/mol. The standard InChI is InChI=1S/C15H12BrClF3N/c1-9-6-10(2-4-12(9)16)8-21-14-7-11(15(18,19)20)3-5-13(14)17/h2-7,21H,8H2,1H3. The van der Waals surface area contributed by atoms with Crippen molar-refractivity contribution in [1.29, 1.82) is 0 Å². The van der Waals surface area contributed by atoms with Crippen molar-refractivity contribution < 1.29 is 13.2 Å². The van der Waals surface area contributed by atoms with E-state index in [1.54, 1.807) is 0 Å². The number of hydrogen-bond acceptors (Lipinski definition) is 1. The molecule has 2 aromatic carbocycles. The second-order valence-corrected chi connectivity index (χ2v) is 5.89. The van der Waals surface area contributed by atoms with E-state index in [0.29, 0.717) is 6.54 Å². The quantitative estimate of drug-likeness (QED) is 0.686. The Kier molecular flexibility index (Phi) is 4.84. The summed E-state index contributed by atoms with van der Waals surface area (Å²) in [5.74, 6) is 0. The van der Waals surface area contributed by atoms with Gasteiger partial charge in [0.05, 0.1) is 16.3 Å². The molecule has 0 bridgehead atoms. The van der Waals surface area contributed by atoms with Gasteiger partial charge in [-0.15, -0.1) is 0 Å². The number of hydrogen-bond donors (Lipinski definition) is 1. The van der Waals surface area contributed by atoms with Crippen LogP contribution in [0.2, 0.25) is 5.02 Å². The van der Waals surface area contributed by atoms with Gasteiger partial charge in [0.25, 0.3) is 0 Å². The summed E-state index contributed by atoms with van der Waals surface area (Å²) in [6.45, 7) is 2.35. The molecule has 0 radical (unpaired) electrons. The predicted octanol–water partition coefficient (Wildman–Crippen LogP) is 6.04. The SMILES string of the molecule is Cc1cc(CNc2cc(C(F)(F)F)ccc2Cl)ccc1Br. The zero-order valence-corrected chi connectivity index (χ0v) is 13.4. The van der Waals surface area contributed by atoms with Gasteiger partial charge in [-0.25, -0.2) is 0 Å². The number of aryl methyl sites for hydroxylation is 1. The van der Waals surface area contributed by atoms with Gasteiger partial charge in [-0.2, -0.15) is 13.2 Å². The van der Waals surface area contributed by atoms with E-state index in [9.17, 15) is 13.2 Å². The molecule has 112 valence electrons. The van der Waals surface area contributed by atoms with Crippen LogP contribution in [-0.4, -0.2) is 0 Å². The Hall–Kier alpha value is -1.20. The van der Waals surface area contributed by atoms with Crippen molar-refractivity contribution >= 4 is 33.2 Å². The van der Waals surface area contributed by atoms with Crippen LogP contribution in [0.5, 0.6) is 0 Å². The highest BCUT2D eigenvalue weighted by atomic mass is 79.9. The van der Waals surface area contributed by atoms with Crippen LogP contribution in [-0.2, 0) is 12.7 Å². The molecule has 0 atom stereocenters. The minimum Gasteiger partial charge on any atom is -0.380 e. The molecule has 21 heavy (non-hydrogen) atoms. The van der Waals surface area contributed by atoms with Crippen LogP contribution in [0.4, 0.5) is 18.9 Å². The molecule has 6 heteroatoms. The average molecular weight is 379 g/mol. The van der Waals surface area contributed by atoms with Gasteiger partial charge in [-0.05, 0) is 42.3 Å². The third-order valence-electron chi connectivity index (χ3n) is 3.00. The van der Waals surface area contributed by atoms with E-state index in [2.05, 4.69) is 21.2 Å². The van der Waals surface area contributed by atoms with Crippen molar-refractivity contribution in [1.82, 2.24) is 0 Å². The Morgan fingerprint density at radius 2 is 1.86 bits per heavy atom. The van der Waals surface area contributed by atoms with Crippen LogP contribution < -0.4 is 5.32 Å². The molecule has 0 saturated heterocycles. The average Bonchev–Trinajstić information content (AvgIpc) is 2.40. The van der Waals surface area contributed by atoms with Crippen LogP contribution in [0, 0.1) is 6.92 Å². The van der Waals surface area contributed by atoms with E-state index in [-0.39, 0.29) is 10.7 Å². The molecule has 0 aromatic heterocycles. The molecule has 0 aliphatic rings. The van der Waals surface area contributed by atoms with Crippen molar-refractivity contribution in [2.75, 3.05) is 5.32 Å². The van der Waals surface area contributed by atoms with Crippen LogP contribution in [0.1, 0.15) is 16.7 Å². The van der Waals surface area contributed by atoms with E-state index < -0.39 is 11.7 Å². The van der Waals surface area contributed by atoms with Crippen LogP contribution in [0.25, 0.3) is 0 Å². The van der Waals surface area contributed by atoms with E-state index in [0.717, 1.165) is 27.7 Å². The van der Waals surface area contributed by atoms with Gasteiger partial charge in [0.2, 0.25) is 0 Å². The van der Waals surface area contributed by atoms with Gasteiger partial charge in [-0.1, -0.05) is 39.7 Å². The first-order valence-corrected chi connectivity index (χ1v) is 7.30. The number of anilines is 1. The summed E-state index contributed by atoms with van der Waals surface area (Å²) in [7, 11) is 0. The molecule has 2 aromatic rings. The molecule has 0 unspecified atom stereocenters. The Morgan fingerprint density at radius 3 is 2.48 bits per heavy atom. The maximum absolute atomic E-state index is 12.7. The summed E-state index contributed by atoms with van der Waals surface area (Å²) < 4.78 is 39.0. The van der Waals surface area contributed by atoms with Gasteiger partial charge >= 0.3 is 6.18 Å². The maximum atomic E-state index is 12.7. The zero-order valence-electron chi connectivity index (χ0n) is 11.1. The van der Waals surface area contributed by atoms with Gasteiger partial charge in [0.15, 0.2) is 0 Å². The Balaban J connectivity index is 2.17. The molecule has 0 heterocycles. The topological polar surface area (TPSA) is 12.0 Å². The van der Waals surface area contributed by atoms with Gasteiger partial charge in [0, 0.05) is 11.0 Å². The van der Waals surface area contributed by atoms with Gasteiger partial charge < -0.3 is 5.32 Å². The first-order valence-electron chi connectivity index (χ1n) is 6.13. The second-order valence-electron chi connectivity index (χ2n) is 4.63. The Labute approximate surface area is 134 Å². The molecular formula is C15H12BrClF3N. The molecular weight excluding hydrogens is 367 g/mol. The van der Waals surface area contributed by atoms with Crippen LogP contribution in [0.3, 0.4) is 0 Å². The van der Waals surface area contributed by atoms with Crippen molar-refractivity contribution in [2.45, 2.75) is 19.6 Å². The lowest BCUT2D eigenvalue weighted by molar-refractivity contribution is -0.137. The largest absolute Gasteiger partial charge is 0.416 e. The minimum absolute atomic E-state index is 0.261. The maximum Gasteiger partial charge on any atom is 0.416 e. The summed E-state index contributed by atoms with van der Waals surface area (Å²) >= 11 is 9.33. The van der Waals surface area contributed by atoms with Crippen LogP contribution >= 0.6 is 27.5 Å².